The van der Waals surface area contributed by atoms with Gasteiger partial charge in [0.2, 0.25) is 5.78 Å². The van der Waals surface area contributed by atoms with E-state index in [0.717, 1.165) is 32.4 Å². The highest BCUT2D eigenvalue weighted by atomic mass is 16.3. The molecule has 0 unspecified atom stereocenters. The van der Waals surface area contributed by atoms with Crippen molar-refractivity contribution in [1.29, 1.82) is 0 Å². The number of hydrogen-bond donors (Lipinski definition) is 5. The lowest BCUT2D eigenvalue weighted by atomic mass is 9.57. The molecule has 0 radical (unpaired) electrons. The summed E-state index contributed by atoms with van der Waals surface area (Å²) in [6.07, 6.45) is 3.19. The Hall–Kier alpha value is -3.54. The highest BCUT2D eigenvalue weighted by Crippen LogP contribution is 2.53. The van der Waals surface area contributed by atoms with Crippen LogP contribution in [-0.4, -0.2) is 98.9 Å². The number of likely N-dealkylation sites (tertiary alicyclic amines) is 1. The normalized spacial score (nSPS) is 29.3. The Morgan fingerprint density at radius 3 is 2.38 bits per heavy atom. The van der Waals surface area contributed by atoms with Crippen LogP contribution in [0.3, 0.4) is 0 Å². The molecule has 1 aliphatic heterocycles. The van der Waals surface area contributed by atoms with Crippen molar-refractivity contribution < 1.29 is 39.6 Å². The summed E-state index contributed by atoms with van der Waals surface area (Å²) in [5.74, 6) is -7.31. The van der Waals surface area contributed by atoms with Crippen LogP contribution in [0.1, 0.15) is 47.2 Å². The second-order valence-electron chi connectivity index (χ2n) is 11.2. The van der Waals surface area contributed by atoms with Gasteiger partial charge in [-0.15, -0.1) is 0 Å². The van der Waals surface area contributed by atoms with Crippen LogP contribution in [0.2, 0.25) is 0 Å². The van der Waals surface area contributed by atoms with Gasteiger partial charge in [-0.1, -0.05) is 6.42 Å². The van der Waals surface area contributed by atoms with Crippen LogP contribution >= 0.6 is 0 Å². The van der Waals surface area contributed by atoms with E-state index in [1.54, 1.807) is 14.1 Å². The van der Waals surface area contributed by atoms with Gasteiger partial charge in [-0.25, -0.2) is 0 Å². The molecule has 11 nitrogen and oxygen atoms in total. The predicted molar refractivity (Wildman–Crippen MR) is 139 cm³/mol. The lowest BCUT2D eigenvalue weighted by Gasteiger charge is -2.50. The molecule has 0 aromatic heterocycles. The summed E-state index contributed by atoms with van der Waals surface area (Å²) in [7, 11) is 3.09. The van der Waals surface area contributed by atoms with Crippen molar-refractivity contribution in [2.75, 3.05) is 33.7 Å². The molecule has 1 aromatic carbocycles. The summed E-state index contributed by atoms with van der Waals surface area (Å²) in [6.45, 7) is 1.80. The van der Waals surface area contributed by atoms with Gasteiger partial charge in [0.05, 0.1) is 18.2 Å². The number of carbonyl (C=O) groups is 4. The van der Waals surface area contributed by atoms with Gasteiger partial charge in [0.1, 0.15) is 22.8 Å². The quantitative estimate of drug-likeness (QED) is 0.263. The number of phenols is 1. The van der Waals surface area contributed by atoms with Crippen LogP contribution in [0.4, 0.5) is 0 Å². The molecule has 0 spiro atoms. The number of ketones is 3. The first-order valence-corrected chi connectivity index (χ1v) is 13.1. The highest BCUT2D eigenvalue weighted by molar-refractivity contribution is 6.24. The van der Waals surface area contributed by atoms with Crippen molar-refractivity contribution in [2.24, 2.45) is 17.6 Å². The largest absolute Gasteiger partial charge is 0.508 e. The van der Waals surface area contributed by atoms with Crippen molar-refractivity contribution in [1.82, 2.24) is 9.80 Å². The van der Waals surface area contributed by atoms with Gasteiger partial charge < -0.3 is 26.2 Å². The van der Waals surface area contributed by atoms with E-state index in [-0.39, 0.29) is 42.1 Å². The number of primary amides is 1. The van der Waals surface area contributed by atoms with Crippen LogP contribution in [0.25, 0.3) is 5.76 Å². The zero-order valence-electron chi connectivity index (χ0n) is 21.9. The van der Waals surface area contributed by atoms with E-state index >= 15 is 0 Å². The maximum Gasteiger partial charge on any atom is 0.255 e. The molecule has 1 saturated carbocycles. The fraction of sp³-hybridized carbons (Fsp3) is 0.500. The summed E-state index contributed by atoms with van der Waals surface area (Å²) in [6, 6.07) is 1.64. The van der Waals surface area contributed by atoms with Gasteiger partial charge in [0.25, 0.3) is 5.91 Å². The van der Waals surface area contributed by atoms with Crippen LogP contribution in [0, 0.1) is 11.8 Å². The molecule has 39 heavy (non-hydrogen) atoms. The molecule has 0 bridgehead atoms. The minimum Gasteiger partial charge on any atom is -0.508 e. The minimum atomic E-state index is -2.69. The van der Waals surface area contributed by atoms with Gasteiger partial charge in [-0.3, -0.25) is 29.0 Å². The maximum atomic E-state index is 13.9. The zero-order valence-corrected chi connectivity index (χ0v) is 21.9. The first-order valence-electron chi connectivity index (χ1n) is 13.1. The number of phenolic OH excluding ortho intramolecular Hbond substituents is 1. The number of rotatable bonds is 5. The third kappa shape index (κ3) is 3.98. The first-order chi connectivity index (χ1) is 18.4. The van der Waals surface area contributed by atoms with Gasteiger partial charge in [0, 0.05) is 17.1 Å². The minimum absolute atomic E-state index is 0.0266. The van der Waals surface area contributed by atoms with Gasteiger partial charge >= 0.3 is 0 Å². The number of nitrogens with two attached hydrogens (primary N) is 1. The predicted octanol–water partition coefficient (Wildman–Crippen LogP) is 0.633. The van der Waals surface area contributed by atoms with E-state index in [1.165, 1.54) is 17.0 Å². The lowest BCUT2D eigenvalue weighted by molar-refractivity contribution is -0.153. The Morgan fingerprint density at radius 2 is 1.77 bits per heavy atom. The summed E-state index contributed by atoms with van der Waals surface area (Å²) in [4.78, 5) is 56.0. The number of nitrogens with zero attached hydrogens (tertiary/aromatic N) is 2. The summed E-state index contributed by atoms with van der Waals surface area (Å²) >= 11 is 0. The molecule has 11 heteroatoms. The number of aromatic hydroxyl groups is 1. The Labute approximate surface area is 225 Å². The Bertz CT molecular complexity index is 1360. The molecule has 1 heterocycles. The lowest BCUT2D eigenvalue weighted by Crippen LogP contribution is -2.65. The SMILES string of the molecule is CN(C)[C@@H]1C(=O)C(C(N)=O)=C(O)[C@@]2(O)C(=O)C3=C(O)c4c(O)ccc(C(=O)CN5CCCCC5)c4C[C@H]3C[C@@H]12. The van der Waals surface area contributed by atoms with E-state index < -0.39 is 58.0 Å². The Kier molecular flexibility index (Phi) is 6.64. The monoisotopic (exact) mass is 539 g/mol. The molecule has 4 atom stereocenters. The number of piperidine rings is 1. The Morgan fingerprint density at radius 1 is 1.10 bits per heavy atom. The van der Waals surface area contributed by atoms with E-state index in [1.807, 2.05) is 0 Å². The third-order valence-corrected chi connectivity index (χ3v) is 8.72. The van der Waals surface area contributed by atoms with Crippen molar-refractivity contribution >= 4 is 29.0 Å². The molecule has 6 N–H and O–H groups in total. The van der Waals surface area contributed by atoms with E-state index in [2.05, 4.69) is 4.90 Å². The average molecular weight is 540 g/mol. The van der Waals surface area contributed by atoms with Crippen LogP contribution in [-0.2, 0) is 20.8 Å². The van der Waals surface area contributed by atoms with Crippen molar-refractivity contribution in [2.45, 2.75) is 43.7 Å². The summed E-state index contributed by atoms with van der Waals surface area (Å²) < 4.78 is 0. The van der Waals surface area contributed by atoms with Crippen LogP contribution < -0.4 is 5.73 Å². The second kappa shape index (κ2) is 9.58. The molecule has 1 aromatic rings. The first kappa shape index (κ1) is 27.0. The second-order valence-corrected chi connectivity index (χ2v) is 11.2. The van der Waals surface area contributed by atoms with Gasteiger partial charge in [0.15, 0.2) is 17.2 Å². The molecule has 208 valence electrons. The molecule has 4 aliphatic rings. The molecule has 3 aliphatic carbocycles. The highest BCUT2D eigenvalue weighted by Gasteiger charge is 2.64. The molecule has 2 fully saturated rings. The molecule has 1 amide bonds. The number of benzene rings is 1. The summed E-state index contributed by atoms with van der Waals surface area (Å²) in [5.41, 5.74) is 2.20. The maximum absolute atomic E-state index is 13.9. The molecular formula is C28H33N3O8. The fourth-order valence-electron chi connectivity index (χ4n) is 6.91. The number of amides is 1. The number of carbonyl (C=O) groups excluding carboxylic acids is 4. The molecular weight excluding hydrogens is 506 g/mol. The number of hydrogen-bond acceptors (Lipinski definition) is 10. The van der Waals surface area contributed by atoms with Gasteiger partial charge in [-0.05, 0) is 76.5 Å². The van der Waals surface area contributed by atoms with Crippen molar-refractivity contribution in [3.05, 3.63) is 45.7 Å². The summed E-state index contributed by atoms with van der Waals surface area (Å²) in [5, 5.41) is 44.6. The smallest absolute Gasteiger partial charge is 0.255 e. The number of aliphatic hydroxyl groups excluding tert-OH is 2. The van der Waals surface area contributed by atoms with Crippen LogP contribution in [0.15, 0.2) is 29.0 Å². The Balaban J connectivity index is 1.63. The standard InChI is InChI=1S/C28H33N3O8/c1-30(2)22-16-11-13-10-15-14(18(33)12-31-8-4-3-5-9-31)6-7-17(32)20(15)23(34)19(13)25(36)28(16,39)26(37)21(24(22)35)27(29)38/h6-7,13,16,22,32,34,37,39H,3-5,8-12H2,1-2H3,(H2,29,38)/t13-,16-,22-,28-/m0/s1. The number of Topliss-reactive ketones (excluding diaryl/α,β-unsaturated/α-hetero) is 3. The molecule has 1 saturated heterocycles. The van der Waals surface area contributed by atoms with Crippen LogP contribution in [0.5, 0.6) is 5.75 Å². The number of aliphatic hydroxyl groups is 3. The molecule has 5 rings (SSSR count). The number of likely N-dealkylation sites (N-methyl/N-ethyl adjacent to an activating group) is 1. The fourth-order valence-corrected chi connectivity index (χ4v) is 6.91. The van der Waals surface area contributed by atoms with Crippen molar-refractivity contribution in [3.63, 3.8) is 0 Å². The van der Waals surface area contributed by atoms with Crippen molar-refractivity contribution in [3.8, 4) is 5.75 Å². The average Bonchev–Trinajstić information content (AvgIpc) is 2.86. The van der Waals surface area contributed by atoms with E-state index in [0.29, 0.717) is 11.1 Å². The topological polar surface area (TPSA) is 182 Å². The van der Waals surface area contributed by atoms with Gasteiger partial charge in [-0.2, -0.15) is 0 Å². The van der Waals surface area contributed by atoms with E-state index in [9.17, 15) is 39.6 Å². The third-order valence-electron chi connectivity index (χ3n) is 8.72. The number of fused-ring (bicyclic) bond motifs is 3. The van der Waals surface area contributed by atoms with E-state index in [4.69, 9.17) is 5.73 Å². The zero-order chi connectivity index (χ0) is 28.4.